The van der Waals surface area contributed by atoms with Crippen LogP contribution in [0.15, 0.2) is 18.2 Å². The summed E-state index contributed by atoms with van der Waals surface area (Å²) in [6.07, 6.45) is 5.08. The summed E-state index contributed by atoms with van der Waals surface area (Å²) >= 11 is 0. The fourth-order valence-corrected chi connectivity index (χ4v) is 3.59. The molecule has 1 amide bonds. The Balaban J connectivity index is 1.65. The van der Waals surface area contributed by atoms with Gasteiger partial charge in [0.2, 0.25) is 5.91 Å². The van der Waals surface area contributed by atoms with E-state index in [-0.39, 0.29) is 17.8 Å². The summed E-state index contributed by atoms with van der Waals surface area (Å²) in [5.74, 6) is 0.736. The Labute approximate surface area is 148 Å². The molecular formula is C19H27FN4O. The Hall–Kier alpha value is -1.95. The molecule has 0 radical (unpaired) electrons. The molecule has 1 aliphatic heterocycles. The highest BCUT2D eigenvalue weighted by atomic mass is 19.1. The fraction of sp³-hybridized carbons (Fsp3) is 0.579. The average molecular weight is 346 g/mol. The zero-order valence-electron chi connectivity index (χ0n) is 15.1. The van der Waals surface area contributed by atoms with Gasteiger partial charge in [-0.2, -0.15) is 0 Å². The molecule has 1 N–H and O–H groups in total. The molecule has 2 aromatic rings. The Morgan fingerprint density at radius 1 is 1.40 bits per heavy atom. The number of nitrogens with one attached hydrogen (secondary N) is 1. The molecule has 136 valence electrons. The van der Waals surface area contributed by atoms with Gasteiger partial charge in [0.25, 0.3) is 0 Å². The first-order chi connectivity index (χ1) is 12.1. The summed E-state index contributed by atoms with van der Waals surface area (Å²) in [6, 6.07) is 4.53. The van der Waals surface area contributed by atoms with E-state index in [1.807, 2.05) is 11.8 Å². The number of imidazole rings is 1. The van der Waals surface area contributed by atoms with Crippen molar-refractivity contribution in [2.75, 3.05) is 26.7 Å². The molecule has 1 aromatic heterocycles. The van der Waals surface area contributed by atoms with Gasteiger partial charge in [0.15, 0.2) is 0 Å². The number of halogens is 1. The third kappa shape index (κ3) is 4.18. The maximum absolute atomic E-state index is 13.3. The van der Waals surface area contributed by atoms with Crippen LogP contribution < -0.4 is 0 Å². The van der Waals surface area contributed by atoms with Gasteiger partial charge in [0.05, 0.1) is 17.1 Å². The number of hydrogen-bond acceptors (Lipinski definition) is 3. The first-order valence-electron chi connectivity index (χ1n) is 9.21. The summed E-state index contributed by atoms with van der Waals surface area (Å²) < 4.78 is 13.3. The topological polar surface area (TPSA) is 52.2 Å². The van der Waals surface area contributed by atoms with E-state index in [4.69, 9.17) is 0 Å². The van der Waals surface area contributed by atoms with E-state index in [0.717, 1.165) is 30.7 Å². The molecule has 2 heterocycles. The third-order valence-corrected chi connectivity index (χ3v) is 5.11. The van der Waals surface area contributed by atoms with Crippen LogP contribution in [0.4, 0.5) is 4.39 Å². The third-order valence-electron chi connectivity index (χ3n) is 5.11. The minimum Gasteiger partial charge on any atom is -0.342 e. The van der Waals surface area contributed by atoms with E-state index in [2.05, 4.69) is 21.9 Å². The number of benzene rings is 1. The highest BCUT2D eigenvalue weighted by Crippen LogP contribution is 2.18. The fourth-order valence-electron chi connectivity index (χ4n) is 3.59. The molecule has 1 aliphatic rings. The molecule has 5 nitrogen and oxygen atoms in total. The zero-order valence-corrected chi connectivity index (χ0v) is 15.1. The van der Waals surface area contributed by atoms with Crippen LogP contribution in [0.2, 0.25) is 0 Å². The quantitative estimate of drug-likeness (QED) is 0.905. The number of hydrogen-bond donors (Lipinski definition) is 1. The van der Waals surface area contributed by atoms with Crippen LogP contribution in [0.25, 0.3) is 11.0 Å². The number of likely N-dealkylation sites (N-methyl/N-ethyl adjacent to an activating group) is 2. The molecule has 1 atom stereocenters. The number of aromatic nitrogens is 2. The monoisotopic (exact) mass is 346 g/mol. The van der Waals surface area contributed by atoms with Gasteiger partial charge in [-0.15, -0.1) is 0 Å². The molecule has 1 fully saturated rings. The summed E-state index contributed by atoms with van der Waals surface area (Å²) in [4.78, 5) is 24.7. The van der Waals surface area contributed by atoms with Crippen molar-refractivity contribution in [1.29, 1.82) is 0 Å². The first kappa shape index (κ1) is 17.9. The highest BCUT2D eigenvalue weighted by Gasteiger charge is 2.28. The second-order valence-electron chi connectivity index (χ2n) is 6.86. The second kappa shape index (κ2) is 7.95. The predicted molar refractivity (Wildman–Crippen MR) is 96.9 cm³/mol. The van der Waals surface area contributed by atoms with Crippen LogP contribution in [-0.2, 0) is 11.2 Å². The van der Waals surface area contributed by atoms with Crippen LogP contribution in [0.3, 0.4) is 0 Å². The lowest BCUT2D eigenvalue weighted by Gasteiger charge is -2.30. The molecule has 0 aliphatic carbocycles. The minimum absolute atomic E-state index is 0.00720. The Kier molecular flexibility index (Phi) is 5.68. The van der Waals surface area contributed by atoms with Gasteiger partial charge in [-0.3, -0.25) is 9.69 Å². The van der Waals surface area contributed by atoms with Crippen molar-refractivity contribution < 1.29 is 9.18 Å². The highest BCUT2D eigenvalue weighted by molar-refractivity contribution is 5.82. The van der Waals surface area contributed by atoms with Gasteiger partial charge in [-0.05, 0) is 51.6 Å². The van der Waals surface area contributed by atoms with E-state index in [1.54, 1.807) is 6.07 Å². The minimum atomic E-state index is -0.274. The van der Waals surface area contributed by atoms with Gasteiger partial charge in [0, 0.05) is 19.5 Å². The lowest BCUT2D eigenvalue weighted by atomic mass is 10.1. The number of amides is 1. The Bertz CT molecular complexity index is 729. The average Bonchev–Trinajstić information content (AvgIpc) is 2.87. The standard InChI is InChI=1S/C19H27FN4O/c1-3-24(19(25)17-7-5-4-6-11-23(17)2)12-10-18-21-15-9-8-14(20)13-16(15)22-18/h8-9,13,17H,3-7,10-12H2,1-2H3,(H,21,22). The smallest absolute Gasteiger partial charge is 0.239 e. The van der Waals surface area contributed by atoms with Gasteiger partial charge in [-0.1, -0.05) is 12.8 Å². The summed E-state index contributed by atoms with van der Waals surface area (Å²) in [5.41, 5.74) is 1.46. The molecule has 25 heavy (non-hydrogen) atoms. The molecule has 1 aromatic carbocycles. The van der Waals surface area contributed by atoms with Gasteiger partial charge in [-0.25, -0.2) is 9.37 Å². The predicted octanol–water partition coefficient (Wildman–Crippen LogP) is 2.97. The van der Waals surface area contributed by atoms with Crippen molar-refractivity contribution in [3.05, 3.63) is 29.8 Å². The van der Waals surface area contributed by atoms with Crippen LogP contribution in [0.5, 0.6) is 0 Å². The van der Waals surface area contributed by atoms with Crippen molar-refractivity contribution in [2.24, 2.45) is 0 Å². The molecule has 1 saturated heterocycles. The SMILES string of the molecule is CCN(CCc1nc2ccc(F)cc2[nH]1)C(=O)C1CCCCCN1C. The van der Waals surface area contributed by atoms with Crippen molar-refractivity contribution in [1.82, 2.24) is 19.8 Å². The molecule has 0 spiro atoms. The van der Waals surface area contributed by atoms with E-state index in [9.17, 15) is 9.18 Å². The Morgan fingerprint density at radius 2 is 2.24 bits per heavy atom. The number of rotatable bonds is 5. The van der Waals surface area contributed by atoms with E-state index >= 15 is 0 Å². The van der Waals surface area contributed by atoms with Crippen molar-refractivity contribution in [3.63, 3.8) is 0 Å². The molecule has 0 bridgehead atoms. The second-order valence-corrected chi connectivity index (χ2v) is 6.86. The van der Waals surface area contributed by atoms with Gasteiger partial charge in [0.1, 0.15) is 11.6 Å². The molecule has 1 unspecified atom stereocenters. The van der Waals surface area contributed by atoms with E-state index < -0.39 is 0 Å². The lowest BCUT2D eigenvalue weighted by Crippen LogP contribution is -2.47. The summed E-state index contributed by atoms with van der Waals surface area (Å²) in [6.45, 7) is 4.33. The van der Waals surface area contributed by atoms with Crippen molar-refractivity contribution >= 4 is 16.9 Å². The number of H-pyrrole nitrogens is 1. The number of fused-ring (bicyclic) bond motifs is 1. The van der Waals surface area contributed by atoms with E-state index in [0.29, 0.717) is 25.0 Å². The molecular weight excluding hydrogens is 319 g/mol. The van der Waals surface area contributed by atoms with Crippen molar-refractivity contribution in [2.45, 2.75) is 45.1 Å². The number of likely N-dealkylation sites (tertiary alicyclic amines) is 1. The number of carbonyl (C=O) groups excluding carboxylic acids is 1. The maximum Gasteiger partial charge on any atom is 0.239 e. The Morgan fingerprint density at radius 3 is 3.04 bits per heavy atom. The normalized spacial score (nSPS) is 19.1. The van der Waals surface area contributed by atoms with Crippen LogP contribution in [0.1, 0.15) is 38.4 Å². The number of aromatic amines is 1. The number of nitrogens with zero attached hydrogens (tertiary/aromatic N) is 3. The molecule has 3 rings (SSSR count). The molecule has 6 heteroatoms. The van der Waals surface area contributed by atoms with Gasteiger partial charge >= 0.3 is 0 Å². The largest absolute Gasteiger partial charge is 0.342 e. The van der Waals surface area contributed by atoms with Crippen LogP contribution in [0, 0.1) is 5.82 Å². The van der Waals surface area contributed by atoms with E-state index in [1.165, 1.54) is 25.0 Å². The van der Waals surface area contributed by atoms with Crippen LogP contribution in [-0.4, -0.2) is 58.4 Å². The summed E-state index contributed by atoms with van der Waals surface area (Å²) in [5, 5.41) is 0. The van der Waals surface area contributed by atoms with Crippen molar-refractivity contribution in [3.8, 4) is 0 Å². The van der Waals surface area contributed by atoms with Gasteiger partial charge < -0.3 is 9.88 Å². The zero-order chi connectivity index (χ0) is 17.8. The number of carbonyl (C=O) groups is 1. The first-order valence-corrected chi connectivity index (χ1v) is 9.21. The van der Waals surface area contributed by atoms with Crippen LogP contribution >= 0.6 is 0 Å². The molecule has 0 saturated carbocycles. The summed E-state index contributed by atoms with van der Waals surface area (Å²) in [7, 11) is 2.05. The maximum atomic E-state index is 13.3. The lowest BCUT2D eigenvalue weighted by molar-refractivity contribution is -0.136.